The highest BCUT2D eigenvalue weighted by molar-refractivity contribution is 7.05. The van der Waals surface area contributed by atoms with E-state index in [1.807, 2.05) is 80.3 Å². The Hall–Kier alpha value is -1.91. The number of hydrogen-bond donors (Lipinski definition) is 0. The molecular formula is C33H43F9O6Si6. The van der Waals surface area contributed by atoms with Crippen LogP contribution in [0.1, 0.15) is 24.8 Å². The maximum Gasteiger partial charge on any atom is 0.389 e. The summed E-state index contributed by atoms with van der Waals surface area (Å²) in [5.41, 5.74) is 0.449. The molecule has 0 bridgehead atoms. The highest BCUT2D eigenvalue weighted by Gasteiger charge is 2.61. The molecule has 6 nitrogen and oxygen atoms in total. The van der Waals surface area contributed by atoms with Gasteiger partial charge in [0.25, 0.3) is 0 Å². The Bertz CT molecular complexity index is 1640. The molecule has 2 aliphatic rings. The van der Waals surface area contributed by atoms with Crippen molar-refractivity contribution in [2.75, 3.05) is 0 Å². The van der Waals surface area contributed by atoms with E-state index >= 15 is 0 Å². The Morgan fingerprint density at radius 3 is 1.09 bits per heavy atom. The van der Waals surface area contributed by atoms with Crippen molar-refractivity contribution < 1.29 is 64.2 Å². The molecule has 0 amide bonds. The normalized spacial score (nSPS) is 32.4. The van der Waals surface area contributed by atoms with Gasteiger partial charge < -0.3 is 24.7 Å². The van der Waals surface area contributed by atoms with Crippen molar-refractivity contribution in [3.63, 3.8) is 0 Å². The lowest BCUT2D eigenvalue weighted by atomic mass is 10.2. The lowest BCUT2D eigenvalue weighted by molar-refractivity contribution is -0.131. The van der Waals surface area contributed by atoms with E-state index < -0.39 is 107 Å². The lowest BCUT2D eigenvalue weighted by Gasteiger charge is -2.52. The van der Waals surface area contributed by atoms with Crippen LogP contribution in [-0.4, -0.2) is 69.9 Å². The first kappa shape index (κ1) is 43.2. The molecule has 0 aromatic heterocycles. The second-order valence-electron chi connectivity index (χ2n) is 14.6. The molecule has 0 spiro atoms. The van der Waals surface area contributed by atoms with Gasteiger partial charge in [0.15, 0.2) is 0 Å². The predicted octanol–water partition coefficient (Wildman–Crippen LogP) is 8.58. The van der Waals surface area contributed by atoms with E-state index in [-0.39, 0.29) is 6.04 Å². The third kappa shape index (κ3) is 11.1. The largest absolute Gasteiger partial charge is 0.416 e. The quantitative estimate of drug-likeness (QED) is 0.142. The Kier molecular flexibility index (Phi) is 12.4. The summed E-state index contributed by atoms with van der Waals surface area (Å²) in [6.07, 6.45) is -18.1. The summed E-state index contributed by atoms with van der Waals surface area (Å²) >= 11 is 0. The third-order valence-corrected chi connectivity index (χ3v) is 37.1. The van der Waals surface area contributed by atoms with Crippen molar-refractivity contribution in [1.29, 1.82) is 0 Å². The van der Waals surface area contributed by atoms with Crippen LogP contribution in [-0.2, 0) is 30.7 Å². The molecule has 21 heteroatoms. The predicted molar refractivity (Wildman–Crippen MR) is 199 cm³/mol. The zero-order valence-corrected chi connectivity index (χ0v) is 36.4. The van der Waals surface area contributed by atoms with Crippen molar-refractivity contribution in [2.45, 2.75) is 94.7 Å². The molecule has 4 unspecified atom stereocenters. The number of alkyl halides is 9. The fraction of sp³-hybridized carbons (Fsp3) is 0.455. The fourth-order valence-electron chi connectivity index (χ4n) is 7.09. The molecular weight excluding hydrogens is 832 g/mol. The number of rotatable bonds is 11. The third-order valence-electron chi connectivity index (χ3n) is 9.47. The molecule has 2 saturated heterocycles. The van der Waals surface area contributed by atoms with Crippen molar-refractivity contribution in [3.05, 3.63) is 90.5 Å². The Labute approximate surface area is 315 Å². The monoisotopic (exact) mass is 874 g/mol. The van der Waals surface area contributed by atoms with Crippen LogP contribution in [0, 0.1) is 0 Å². The second kappa shape index (κ2) is 15.4. The summed E-state index contributed by atoms with van der Waals surface area (Å²) in [5.74, 6) is 0. The molecule has 2 aliphatic heterocycles. The van der Waals surface area contributed by atoms with Gasteiger partial charge in [-0.3, -0.25) is 0 Å². The van der Waals surface area contributed by atoms with Gasteiger partial charge >= 0.3 is 69.9 Å². The SMILES string of the molecule is C[Si]1(CCC(F)(F)F)O[Si](C)(CCC(F)(F)F)O[Si](CCC(F)(F)F)(Cc2ccc([Si]3(C)O[Si](C)(c4ccccc4)O[Si](C)(c4ccccc4)O3)cc2)O1. The molecule has 4 atom stereocenters. The molecule has 0 N–H and O–H groups in total. The maximum absolute atomic E-state index is 13.8. The minimum atomic E-state index is -4.69. The molecule has 0 radical (unpaired) electrons. The molecule has 5 rings (SSSR count). The zero-order chi connectivity index (χ0) is 39.9. The standard InChI is InChI=1S/C33H43F9O6Si6/c1-49(23-20-31(34,35)36)43-50(2,24-21-32(37,38)39)45-54(44-49,25-22-33(40,41)42)26-27-16-18-30(19-17-27)53(5)47-51(3,28-12-8-6-9-13-28)46-52(4,48-53)29-14-10-7-11-15-29/h6-19H,20-26H2,1-5H3. The average Bonchev–Trinajstić information content (AvgIpc) is 3.05. The van der Waals surface area contributed by atoms with Crippen LogP contribution in [0.4, 0.5) is 39.5 Å². The van der Waals surface area contributed by atoms with Crippen LogP contribution in [0.25, 0.3) is 0 Å². The maximum atomic E-state index is 13.8. The summed E-state index contributed by atoms with van der Waals surface area (Å²) in [6, 6.07) is 23.7. The van der Waals surface area contributed by atoms with Crippen molar-refractivity contribution in [2.24, 2.45) is 0 Å². The number of hydrogen-bond acceptors (Lipinski definition) is 6. The molecule has 3 aromatic carbocycles. The zero-order valence-electron chi connectivity index (χ0n) is 30.4. The van der Waals surface area contributed by atoms with Crippen molar-refractivity contribution >= 4 is 66.9 Å². The molecule has 2 fully saturated rings. The Balaban J connectivity index is 1.51. The van der Waals surface area contributed by atoms with Gasteiger partial charge in [-0.05, 0) is 72.0 Å². The molecule has 0 saturated carbocycles. The van der Waals surface area contributed by atoms with E-state index in [0.29, 0.717) is 10.8 Å². The summed E-state index contributed by atoms with van der Waals surface area (Å²) in [4.78, 5) is 0. The Morgan fingerprint density at radius 2 is 0.741 bits per heavy atom. The van der Waals surface area contributed by atoms with Crippen molar-refractivity contribution in [1.82, 2.24) is 0 Å². The molecule has 54 heavy (non-hydrogen) atoms. The molecule has 298 valence electrons. The van der Waals surface area contributed by atoms with Gasteiger partial charge in [0.05, 0.1) is 0 Å². The average molecular weight is 875 g/mol. The first-order valence-electron chi connectivity index (χ1n) is 17.4. The highest BCUT2D eigenvalue weighted by Crippen LogP contribution is 2.43. The number of halogens is 9. The summed E-state index contributed by atoms with van der Waals surface area (Å²) < 4.78 is 161. The highest BCUT2D eigenvalue weighted by atomic mass is 28.5. The first-order valence-corrected chi connectivity index (χ1v) is 31.6. The van der Waals surface area contributed by atoms with Crippen LogP contribution in [0.15, 0.2) is 84.9 Å². The Morgan fingerprint density at radius 1 is 0.407 bits per heavy atom. The molecule has 0 aliphatic carbocycles. The van der Waals surface area contributed by atoms with Crippen LogP contribution < -0.4 is 15.6 Å². The summed E-state index contributed by atoms with van der Waals surface area (Å²) in [5, 5.41) is 2.51. The van der Waals surface area contributed by atoms with Gasteiger partial charge in [-0.1, -0.05) is 84.9 Å². The second-order valence-corrected chi connectivity index (χ2v) is 35.1. The van der Waals surface area contributed by atoms with E-state index in [2.05, 4.69) is 0 Å². The molecule has 3 aromatic rings. The van der Waals surface area contributed by atoms with Crippen LogP contribution >= 0.6 is 0 Å². The van der Waals surface area contributed by atoms with E-state index in [0.717, 1.165) is 10.4 Å². The topological polar surface area (TPSA) is 55.4 Å². The fourth-order valence-corrected chi connectivity index (χ4v) is 40.6. The minimum Gasteiger partial charge on any atom is -0.416 e. The smallest absolute Gasteiger partial charge is 0.389 e. The summed E-state index contributed by atoms with van der Waals surface area (Å²) in [7, 11) is -21.8. The summed E-state index contributed by atoms with van der Waals surface area (Å²) in [6.45, 7) is 8.41. The first-order chi connectivity index (χ1) is 24.8. The van der Waals surface area contributed by atoms with Gasteiger partial charge in [-0.2, -0.15) is 39.5 Å². The van der Waals surface area contributed by atoms with E-state index in [1.165, 1.54) is 13.1 Å². The van der Waals surface area contributed by atoms with E-state index in [4.69, 9.17) is 24.7 Å². The van der Waals surface area contributed by atoms with Crippen LogP contribution in [0.3, 0.4) is 0 Å². The van der Waals surface area contributed by atoms with Crippen LogP contribution in [0.2, 0.25) is 50.9 Å². The molecule has 2 heterocycles. The van der Waals surface area contributed by atoms with Gasteiger partial charge in [0.1, 0.15) is 0 Å². The van der Waals surface area contributed by atoms with E-state index in [9.17, 15) is 39.5 Å². The van der Waals surface area contributed by atoms with Gasteiger partial charge in [-0.25, -0.2) is 0 Å². The van der Waals surface area contributed by atoms with Crippen molar-refractivity contribution in [3.8, 4) is 0 Å². The minimum absolute atomic E-state index is 0.244. The van der Waals surface area contributed by atoms with Gasteiger partial charge in [0, 0.05) is 25.3 Å². The number of benzene rings is 3. The van der Waals surface area contributed by atoms with Gasteiger partial charge in [0.2, 0.25) is 0 Å². The van der Waals surface area contributed by atoms with Crippen LogP contribution in [0.5, 0.6) is 0 Å². The van der Waals surface area contributed by atoms with E-state index in [1.54, 1.807) is 24.3 Å². The lowest BCUT2D eigenvalue weighted by Crippen LogP contribution is -2.77. The van der Waals surface area contributed by atoms with Gasteiger partial charge in [-0.15, -0.1) is 0 Å².